The molecule has 0 aliphatic carbocycles. The Bertz CT molecular complexity index is 525. The average molecular weight is 339 g/mol. The van der Waals surface area contributed by atoms with Crippen molar-refractivity contribution in [3.63, 3.8) is 0 Å². The molecule has 2 aromatic rings. The highest BCUT2D eigenvalue weighted by Gasteiger charge is 2.09. The van der Waals surface area contributed by atoms with Gasteiger partial charge in [0.1, 0.15) is 5.69 Å². The third-order valence-electron chi connectivity index (χ3n) is 2.54. The van der Waals surface area contributed by atoms with Crippen molar-refractivity contribution in [3.05, 3.63) is 52.8 Å². The molecule has 1 aromatic heterocycles. The number of aromatic nitrogens is 1. The lowest BCUT2D eigenvalue weighted by Crippen LogP contribution is -2.29. The van der Waals surface area contributed by atoms with Gasteiger partial charge in [0.25, 0.3) is 5.91 Å². The molecule has 0 fully saturated rings. The fourth-order valence-corrected chi connectivity index (χ4v) is 2.78. The molecule has 1 aromatic carbocycles. The molecule has 0 spiro atoms. The Morgan fingerprint density at radius 2 is 2.11 bits per heavy atom. The van der Waals surface area contributed by atoms with Crippen LogP contribution < -0.4 is 5.32 Å². The monoisotopic (exact) mass is 338 g/mol. The molecule has 1 atom stereocenters. The van der Waals surface area contributed by atoms with Crippen LogP contribution in [0.5, 0.6) is 0 Å². The Morgan fingerprint density at radius 1 is 1.37 bits per heavy atom. The summed E-state index contributed by atoms with van der Waals surface area (Å²) in [5, 5.41) is 3.24. The Hall–Kier alpha value is -1.20. The van der Waals surface area contributed by atoms with Crippen LogP contribution in [0.2, 0.25) is 0 Å². The molecule has 0 aliphatic rings. The first-order valence-electron chi connectivity index (χ1n) is 5.99. The predicted molar refractivity (Wildman–Crippen MR) is 82.6 cm³/mol. The zero-order valence-electron chi connectivity index (χ0n) is 10.5. The van der Waals surface area contributed by atoms with Crippen molar-refractivity contribution in [2.75, 3.05) is 6.54 Å². The van der Waals surface area contributed by atoms with E-state index in [-0.39, 0.29) is 5.91 Å². The van der Waals surface area contributed by atoms with Crippen LogP contribution >= 0.6 is 27.7 Å². The maximum Gasteiger partial charge on any atom is 0.267 e. The molecular weight excluding hydrogens is 324 g/mol. The number of thioether (sulfide) groups is 1. The quantitative estimate of drug-likeness (QED) is 0.816. The van der Waals surface area contributed by atoms with E-state index in [9.17, 15) is 4.79 Å². The Balaban J connectivity index is 1.80. The average Bonchev–Trinajstić information content (AvgIpc) is 2.93. The number of benzene rings is 1. The lowest BCUT2D eigenvalue weighted by molar-refractivity contribution is 0.0950. The van der Waals surface area contributed by atoms with Gasteiger partial charge < -0.3 is 10.3 Å². The molecule has 0 unspecified atom stereocenters. The highest BCUT2D eigenvalue weighted by Crippen LogP contribution is 2.24. The second-order valence-electron chi connectivity index (χ2n) is 4.18. The van der Waals surface area contributed by atoms with E-state index >= 15 is 0 Å². The number of H-pyrrole nitrogens is 1. The second kappa shape index (κ2) is 6.82. The minimum Gasteiger partial charge on any atom is -0.357 e. The summed E-state index contributed by atoms with van der Waals surface area (Å²) in [5.41, 5.74) is 0.598. The first-order valence-corrected chi connectivity index (χ1v) is 7.66. The topological polar surface area (TPSA) is 44.9 Å². The highest BCUT2D eigenvalue weighted by atomic mass is 79.9. The van der Waals surface area contributed by atoms with E-state index in [1.54, 1.807) is 24.0 Å². The third kappa shape index (κ3) is 4.44. The summed E-state index contributed by atoms with van der Waals surface area (Å²) < 4.78 is 1.07. The van der Waals surface area contributed by atoms with Crippen molar-refractivity contribution in [3.8, 4) is 0 Å². The van der Waals surface area contributed by atoms with Crippen molar-refractivity contribution >= 4 is 33.6 Å². The molecule has 1 heterocycles. The fraction of sp³-hybridized carbons (Fsp3) is 0.214. The first-order chi connectivity index (χ1) is 9.15. The molecule has 0 bridgehead atoms. The Kier molecular flexibility index (Phi) is 5.10. The van der Waals surface area contributed by atoms with Crippen LogP contribution in [0.3, 0.4) is 0 Å². The largest absolute Gasteiger partial charge is 0.357 e. The molecule has 2 rings (SSSR count). The molecule has 0 saturated heterocycles. The van der Waals surface area contributed by atoms with E-state index in [0.717, 1.165) is 4.47 Å². The number of amides is 1. The van der Waals surface area contributed by atoms with Crippen LogP contribution in [-0.4, -0.2) is 22.7 Å². The smallest absolute Gasteiger partial charge is 0.267 e. The maximum absolute atomic E-state index is 11.7. The van der Waals surface area contributed by atoms with Crippen molar-refractivity contribution in [1.29, 1.82) is 0 Å². The normalized spacial score (nSPS) is 12.1. The Morgan fingerprint density at radius 3 is 2.74 bits per heavy atom. The molecule has 0 saturated carbocycles. The van der Waals surface area contributed by atoms with Gasteiger partial charge in [0.05, 0.1) is 0 Å². The molecular formula is C14H15BrN2OS. The number of halogens is 1. The summed E-state index contributed by atoms with van der Waals surface area (Å²) in [6.45, 7) is 2.74. The Labute approximate surface area is 125 Å². The SMILES string of the molecule is C[C@H](CNC(=O)c1ccc[nH]1)Sc1ccc(Br)cc1. The summed E-state index contributed by atoms with van der Waals surface area (Å²) in [6, 6.07) is 11.8. The van der Waals surface area contributed by atoms with Crippen molar-refractivity contribution in [1.82, 2.24) is 10.3 Å². The minimum absolute atomic E-state index is 0.0618. The van der Waals surface area contributed by atoms with Crippen LogP contribution in [0, 0.1) is 0 Å². The van der Waals surface area contributed by atoms with Gasteiger partial charge in [-0.3, -0.25) is 4.79 Å². The van der Waals surface area contributed by atoms with Crippen molar-refractivity contribution in [2.45, 2.75) is 17.1 Å². The number of hydrogen-bond acceptors (Lipinski definition) is 2. The summed E-state index contributed by atoms with van der Waals surface area (Å²) in [4.78, 5) is 15.8. The van der Waals surface area contributed by atoms with Crippen molar-refractivity contribution in [2.24, 2.45) is 0 Å². The maximum atomic E-state index is 11.7. The van der Waals surface area contributed by atoms with E-state index in [1.807, 2.05) is 18.2 Å². The fourth-order valence-electron chi connectivity index (χ4n) is 1.59. The van der Waals surface area contributed by atoms with Crippen LogP contribution in [0.1, 0.15) is 17.4 Å². The van der Waals surface area contributed by atoms with E-state index in [2.05, 4.69) is 45.3 Å². The summed E-state index contributed by atoms with van der Waals surface area (Å²) >= 11 is 5.16. The van der Waals surface area contributed by atoms with Gasteiger partial charge in [0.2, 0.25) is 0 Å². The molecule has 5 heteroatoms. The molecule has 1 amide bonds. The molecule has 19 heavy (non-hydrogen) atoms. The van der Waals surface area contributed by atoms with Gasteiger partial charge in [-0.25, -0.2) is 0 Å². The molecule has 100 valence electrons. The van der Waals surface area contributed by atoms with E-state index < -0.39 is 0 Å². The first kappa shape index (κ1) is 14.2. The van der Waals surface area contributed by atoms with Gasteiger partial charge in [-0.2, -0.15) is 0 Å². The van der Waals surface area contributed by atoms with Gasteiger partial charge in [-0.05, 0) is 36.4 Å². The van der Waals surface area contributed by atoms with Gasteiger partial charge in [0, 0.05) is 27.4 Å². The third-order valence-corrected chi connectivity index (χ3v) is 4.19. The zero-order chi connectivity index (χ0) is 13.7. The van der Waals surface area contributed by atoms with E-state index in [4.69, 9.17) is 0 Å². The number of rotatable bonds is 5. The molecule has 0 radical (unpaired) electrons. The number of nitrogens with one attached hydrogen (secondary N) is 2. The van der Waals surface area contributed by atoms with Crippen LogP contribution in [0.15, 0.2) is 52.0 Å². The van der Waals surface area contributed by atoms with Gasteiger partial charge in [-0.1, -0.05) is 22.9 Å². The van der Waals surface area contributed by atoms with Crippen LogP contribution in [-0.2, 0) is 0 Å². The molecule has 0 aliphatic heterocycles. The van der Waals surface area contributed by atoms with Crippen LogP contribution in [0.25, 0.3) is 0 Å². The zero-order valence-corrected chi connectivity index (χ0v) is 12.9. The highest BCUT2D eigenvalue weighted by molar-refractivity contribution is 9.10. The molecule has 2 N–H and O–H groups in total. The number of carbonyl (C=O) groups excluding carboxylic acids is 1. The predicted octanol–water partition coefficient (Wildman–Crippen LogP) is 3.69. The number of carbonyl (C=O) groups is 1. The summed E-state index contributed by atoms with van der Waals surface area (Å²) in [6.07, 6.45) is 1.74. The molecule has 3 nitrogen and oxygen atoms in total. The summed E-state index contributed by atoms with van der Waals surface area (Å²) in [7, 11) is 0. The van der Waals surface area contributed by atoms with Gasteiger partial charge >= 0.3 is 0 Å². The van der Waals surface area contributed by atoms with Gasteiger partial charge in [-0.15, -0.1) is 11.8 Å². The lowest BCUT2D eigenvalue weighted by atomic mass is 10.4. The number of aromatic amines is 1. The number of hydrogen-bond donors (Lipinski definition) is 2. The van der Waals surface area contributed by atoms with Gasteiger partial charge in [0.15, 0.2) is 0 Å². The second-order valence-corrected chi connectivity index (χ2v) is 6.60. The van der Waals surface area contributed by atoms with E-state index in [1.165, 1.54) is 4.90 Å². The van der Waals surface area contributed by atoms with Crippen molar-refractivity contribution < 1.29 is 4.79 Å². The van der Waals surface area contributed by atoms with E-state index in [0.29, 0.717) is 17.5 Å². The lowest BCUT2D eigenvalue weighted by Gasteiger charge is -2.12. The standard InChI is InChI=1S/C14H15BrN2OS/c1-10(19-12-6-4-11(15)5-7-12)9-17-14(18)13-3-2-8-16-13/h2-8,10,16H,9H2,1H3,(H,17,18)/t10-/m1/s1. The minimum atomic E-state index is -0.0618. The van der Waals surface area contributed by atoms with Crippen LogP contribution in [0.4, 0.5) is 0 Å². The summed E-state index contributed by atoms with van der Waals surface area (Å²) in [5.74, 6) is -0.0618.